The van der Waals surface area contributed by atoms with Gasteiger partial charge in [0.1, 0.15) is 5.65 Å². The van der Waals surface area contributed by atoms with E-state index < -0.39 is 0 Å². The Balaban J connectivity index is 1.83. The molecule has 4 heteroatoms. The van der Waals surface area contributed by atoms with E-state index in [4.69, 9.17) is 0 Å². The summed E-state index contributed by atoms with van der Waals surface area (Å²) in [5, 5.41) is 0. The number of rotatable bonds is 4. The third kappa shape index (κ3) is 2.81. The molecule has 0 radical (unpaired) electrons. The SMILES string of the molecule is Cc1ccc2ncc(CN(C)[C@H](C)c3ccncc3)n2c1. The third-order valence-electron chi connectivity index (χ3n) is 3.99. The number of pyridine rings is 2. The average Bonchev–Trinajstić information content (AvgIpc) is 2.89. The standard InChI is InChI=1S/C17H20N4/c1-13-4-5-17-19-10-16(21(17)11-13)12-20(3)14(2)15-6-8-18-9-7-15/h4-11,14H,12H2,1-3H3/t14-/m1/s1. The fourth-order valence-electron chi connectivity index (χ4n) is 2.54. The lowest BCUT2D eigenvalue weighted by Gasteiger charge is -2.24. The Hall–Kier alpha value is -2.20. The fraction of sp³-hybridized carbons (Fsp3) is 0.294. The Morgan fingerprint density at radius 2 is 1.95 bits per heavy atom. The highest BCUT2D eigenvalue weighted by Crippen LogP contribution is 2.20. The second-order valence-electron chi connectivity index (χ2n) is 5.56. The van der Waals surface area contributed by atoms with Gasteiger partial charge in [-0.2, -0.15) is 0 Å². The van der Waals surface area contributed by atoms with Crippen LogP contribution in [0.4, 0.5) is 0 Å². The predicted octanol–water partition coefficient (Wildman–Crippen LogP) is 3.23. The zero-order valence-corrected chi connectivity index (χ0v) is 12.7. The summed E-state index contributed by atoms with van der Waals surface area (Å²) in [7, 11) is 2.14. The molecular weight excluding hydrogens is 260 g/mol. The zero-order valence-electron chi connectivity index (χ0n) is 12.7. The topological polar surface area (TPSA) is 33.4 Å². The molecule has 0 unspecified atom stereocenters. The van der Waals surface area contributed by atoms with E-state index in [9.17, 15) is 0 Å². The summed E-state index contributed by atoms with van der Waals surface area (Å²) in [6.07, 6.45) is 7.79. The molecule has 0 N–H and O–H groups in total. The molecular formula is C17H20N4. The molecule has 0 aliphatic carbocycles. The van der Waals surface area contributed by atoms with E-state index in [2.05, 4.69) is 70.6 Å². The van der Waals surface area contributed by atoms with E-state index in [0.29, 0.717) is 6.04 Å². The average molecular weight is 280 g/mol. The van der Waals surface area contributed by atoms with E-state index in [1.807, 2.05) is 18.6 Å². The molecule has 0 saturated carbocycles. The van der Waals surface area contributed by atoms with Gasteiger partial charge in [-0.1, -0.05) is 6.07 Å². The summed E-state index contributed by atoms with van der Waals surface area (Å²) in [5.41, 5.74) is 4.72. The molecule has 3 heterocycles. The Morgan fingerprint density at radius 3 is 2.71 bits per heavy atom. The van der Waals surface area contributed by atoms with E-state index in [0.717, 1.165) is 12.2 Å². The number of hydrogen-bond donors (Lipinski definition) is 0. The highest BCUT2D eigenvalue weighted by molar-refractivity contribution is 5.41. The van der Waals surface area contributed by atoms with Crippen LogP contribution in [0.15, 0.2) is 49.1 Å². The van der Waals surface area contributed by atoms with Crippen LogP contribution in [0.25, 0.3) is 5.65 Å². The number of nitrogens with zero attached hydrogens (tertiary/aromatic N) is 4. The van der Waals surface area contributed by atoms with Crippen LogP contribution in [0.3, 0.4) is 0 Å². The maximum atomic E-state index is 4.47. The van der Waals surface area contributed by atoms with Gasteiger partial charge in [-0.3, -0.25) is 9.88 Å². The van der Waals surface area contributed by atoms with Crippen LogP contribution in [0.1, 0.15) is 29.8 Å². The van der Waals surface area contributed by atoms with Crippen molar-refractivity contribution in [3.63, 3.8) is 0 Å². The van der Waals surface area contributed by atoms with Gasteiger partial charge < -0.3 is 4.40 Å². The Labute approximate surface area is 125 Å². The second-order valence-corrected chi connectivity index (χ2v) is 5.56. The lowest BCUT2D eigenvalue weighted by atomic mass is 10.1. The van der Waals surface area contributed by atoms with Crippen LogP contribution < -0.4 is 0 Å². The molecule has 3 aromatic rings. The first kappa shape index (κ1) is 13.8. The number of hydrogen-bond acceptors (Lipinski definition) is 3. The maximum absolute atomic E-state index is 4.47. The molecule has 0 spiro atoms. The van der Waals surface area contributed by atoms with E-state index in [1.54, 1.807) is 0 Å². The summed E-state index contributed by atoms with van der Waals surface area (Å²) < 4.78 is 2.17. The lowest BCUT2D eigenvalue weighted by molar-refractivity contribution is 0.249. The molecule has 1 atom stereocenters. The molecule has 4 nitrogen and oxygen atoms in total. The van der Waals surface area contributed by atoms with Gasteiger partial charge in [0.05, 0.1) is 11.9 Å². The van der Waals surface area contributed by atoms with Gasteiger partial charge in [0, 0.05) is 31.2 Å². The summed E-state index contributed by atoms with van der Waals surface area (Å²) in [6.45, 7) is 5.17. The number of fused-ring (bicyclic) bond motifs is 1. The highest BCUT2D eigenvalue weighted by atomic mass is 15.1. The third-order valence-corrected chi connectivity index (χ3v) is 3.99. The molecule has 0 aliphatic rings. The smallest absolute Gasteiger partial charge is 0.136 e. The first-order valence-corrected chi connectivity index (χ1v) is 7.18. The Bertz CT molecular complexity index is 733. The molecule has 0 aliphatic heterocycles. The van der Waals surface area contributed by atoms with Crippen molar-refractivity contribution >= 4 is 5.65 Å². The van der Waals surface area contributed by atoms with Crippen molar-refractivity contribution in [2.45, 2.75) is 26.4 Å². The minimum Gasteiger partial charge on any atom is -0.303 e. The first-order chi connectivity index (χ1) is 10.1. The van der Waals surface area contributed by atoms with Crippen LogP contribution in [-0.2, 0) is 6.54 Å². The minimum atomic E-state index is 0.336. The van der Waals surface area contributed by atoms with Crippen LogP contribution in [0, 0.1) is 6.92 Å². The van der Waals surface area contributed by atoms with Crippen molar-refractivity contribution in [1.29, 1.82) is 0 Å². The van der Waals surface area contributed by atoms with Gasteiger partial charge >= 0.3 is 0 Å². The van der Waals surface area contributed by atoms with Crippen molar-refractivity contribution in [2.24, 2.45) is 0 Å². The van der Waals surface area contributed by atoms with Crippen molar-refractivity contribution in [3.8, 4) is 0 Å². The minimum absolute atomic E-state index is 0.336. The van der Waals surface area contributed by atoms with Gasteiger partial charge in [-0.25, -0.2) is 4.98 Å². The Kier molecular flexibility index (Phi) is 3.71. The molecule has 21 heavy (non-hydrogen) atoms. The number of aromatic nitrogens is 3. The van der Waals surface area contributed by atoms with Gasteiger partial charge in [0.25, 0.3) is 0 Å². The van der Waals surface area contributed by atoms with Crippen molar-refractivity contribution < 1.29 is 0 Å². The van der Waals surface area contributed by atoms with E-state index in [1.165, 1.54) is 16.8 Å². The van der Waals surface area contributed by atoms with Gasteiger partial charge in [-0.05, 0) is 50.2 Å². The molecule has 0 aromatic carbocycles. The largest absolute Gasteiger partial charge is 0.303 e. The fourth-order valence-corrected chi connectivity index (χ4v) is 2.54. The van der Waals surface area contributed by atoms with Gasteiger partial charge in [-0.15, -0.1) is 0 Å². The van der Waals surface area contributed by atoms with Crippen molar-refractivity contribution in [1.82, 2.24) is 19.3 Å². The van der Waals surface area contributed by atoms with Gasteiger partial charge in [0.2, 0.25) is 0 Å². The van der Waals surface area contributed by atoms with E-state index in [-0.39, 0.29) is 0 Å². The molecule has 108 valence electrons. The molecule has 0 amide bonds. The highest BCUT2D eigenvalue weighted by Gasteiger charge is 2.13. The normalized spacial score (nSPS) is 13.0. The van der Waals surface area contributed by atoms with Crippen LogP contribution in [-0.4, -0.2) is 26.3 Å². The van der Waals surface area contributed by atoms with Crippen LogP contribution in [0.5, 0.6) is 0 Å². The monoisotopic (exact) mass is 280 g/mol. The number of imidazole rings is 1. The predicted molar refractivity (Wildman–Crippen MR) is 84.0 cm³/mol. The van der Waals surface area contributed by atoms with E-state index >= 15 is 0 Å². The summed E-state index contributed by atoms with van der Waals surface area (Å²) >= 11 is 0. The molecule has 0 saturated heterocycles. The van der Waals surface area contributed by atoms with Crippen molar-refractivity contribution in [3.05, 3.63) is 65.9 Å². The lowest BCUT2D eigenvalue weighted by Crippen LogP contribution is -2.22. The first-order valence-electron chi connectivity index (χ1n) is 7.18. The quantitative estimate of drug-likeness (QED) is 0.735. The zero-order chi connectivity index (χ0) is 14.8. The maximum Gasteiger partial charge on any atom is 0.136 e. The van der Waals surface area contributed by atoms with Gasteiger partial charge in [0.15, 0.2) is 0 Å². The number of aryl methyl sites for hydroxylation is 1. The Morgan fingerprint density at radius 1 is 1.19 bits per heavy atom. The molecule has 3 aromatic heterocycles. The summed E-state index contributed by atoms with van der Waals surface area (Å²) in [4.78, 5) is 10.9. The molecule has 0 bridgehead atoms. The molecule has 3 rings (SSSR count). The van der Waals surface area contributed by atoms with Crippen LogP contribution >= 0.6 is 0 Å². The van der Waals surface area contributed by atoms with Crippen LogP contribution in [0.2, 0.25) is 0 Å². The summed E-state index contributed by atoms with van der Waals surface area (Å²) in [6, 6.07) is 8.63. The second kappa shape index (κ2) is 5.66. The van der Waals surface area contributed by atoms with Crippen molar-refractivity contribution in [2.75, 3.05) is 7.05 Å². The summed E-state index contributed by atoms with van der Waals surface area (Å²) in [5.74, 6) is 0. The molecule has 0 fully saturated rings.